The number of carbonyl (C=O) groups excluding carboxylic acids is 2. The number of hydrogen-bond donors (Lipinski definition) is 3. The lowest BCUT2D eigenvalue weighted by Gasteiger charge is -2.22. The van der Waals surface area contributed by atoms with E-state index in [1.54, 1.807) is 27.7 Å². The zero-order valence-corrected chi connectivity index (χ0v) is 17.7. The van der Waals surface area contributed by atoms with E-state index < -0.39 is 48.1 Å². The maximum atomic E-state index is 12.3. The third-order valence-electron chi connectivity index (χ3n) is 4.98. The van der Waals surface area contributed by atoms with Gasteiger partial charge in [0.15, 0.2) is 0 Å². The number of ether oxygens (including phenoxy) is 3. The molecule has 0 radical (unpaired) electrons. The highest BCUT2D eigenvalue weighted by Crippen LogP contribution is 2.31. The molecule has 0 amide bonds. The molecule has 30 heavy (non-hydrogen) atoms. The SMILES string of the molecule is CC(C)[C@H](N)C(=O)OC[C@@H]1O[C@H](n2ccc(N)nc2=O)C[C@H]1OC(=O)[C@H](N)C(C)C. The summed E-state index contributed by atoms with van der Waals surface area (Å²) in [5.74, 6) is -1.34. The van der Waals surface area contributed by atoms with E-state index in [0.717, 1.165) is 0 Å². The van der Waals surface area contributed by atoms with Crippen LogP contribution in [0.3, 0.4) is 0 Å². The summed E-state index contributed by atoms with van der Waals surface area (Å²) in [7, 11) is 0. The van der Waals surface area contributed by atoms with Gasteiger partial charge in [0.2, 0.25) is 0 Å². The summed E-state index contributed by atoms with van der Waals surface area (Å²) in [5, 5.41) is 0. The van der Waals surface area contributed by atoms with Crippen molar-refractivity contribution >= 4 is 17.8 Å². The zero-order chi connectivity index (χ0) is 22.6. The fraction of sp³-hybridized carbons (Fsp3) is 0.684. The standard InChI is InChI=1S/C19H31N5O6/c1-9(2)15(21)17(25)28-8-12-11(30-18(26)16(22)10(3)4)7-14(29-12)24-6-5-13(20)23-19(24)27/h5-6,9-12,14-16H,7-8,21-22H2,1-4H3,(H2,20,23,27)/t11-,12+,14+,15+,16-/m1/s1. The molecule has 0 unspecified atom stereocenters. The number of nitrogens with two attached hydrogens (primary N) is 3. The Balaban J connectivity index is 2.16. The molecule has 1 saturated heterocycles. The molecule has 1 aliphatic heterocycles. The molecule has 0 spiro atoms. The Hall–Kier alpha value is -2.50. The molecule has 1 fully saturated rings. The lowest BCUT2D eigenvalue weighted by molar-refractivity contribution is -0.161. The van der Waals surface area contributed by atoms with Crippen molar-refractivity contribution < 1.29 is 23.8 Å². The van der Waals surface area contributed by atoms with E-state index >= 15 is 0 Å². The molecule has 11 heteroatoms. The van der Waals surface area contributed by atoms with Gasteiger partial charge in [-0.3, -0.25) is 14.2 Å². The number of hydrogen-bond acceptors (Lipinski definition) is 10. The third kappa shape index (κ3) is 5.77. The van der Waals surface area contributed by atoms with Crippen LogP contribution in [0.5, 0.6) is 0 Å². The van der Waals surface area contributed by atoms with E-state index in [2.05, 4.69) is 4.98 Å². The third-order valence-corrected chi connectivity index (χ3v) is 4.98. The quantitative estimate of drug-likeness (QED) is 0.462. The van der Waals surface area contributed by atoms with Gasteiger partial charge in [-0.2, -0.15) is 4.98 Å². The molecule has 0 aliphatic carbocycles. The lowest BCUT2D eigenvalue weighted by Crippen LogP contribution is -2.42. The zero-order valence-electron chi connectivity index (χ0n) is 17.7. The van der Waals surface area contributed by atoms with Crippen LogP contribution in [0.25, 0.3) is 0 Å². The molecule has 1 aromatic heterocycles. The van der Waals surface area contributed by atoms with Crippen LogP contribution in [-0.2, 0) is 23.8 Å². The highest BCUT2D eigenvalue weighted by molar-refractivity contribution is 5.76. The molecular formula is C19H31N5O6. The molecule has 2 heterocycles. The molecule has 1 aromatic rings. The molecule has 2 rings (SSSR count). The first-order valence-corrected chi connectivity index (χ1v) is 9.89. The minimum atomic E-state index is -0.817. The van der Waals surface area contributed by atoms with E-state index in [-0.39, 0.29) is 30.7 Å². The Bertz CT molecular complexity index is 811. The number of carbonyl (C=O) groups is 2. The first-order chi connectivity index (χ1) is 14.0. The summed E-state index contributed by atoms with van der Waals surface area (Å²) in [6.07, 6.45) is -0.760. The van der Waals surface area contributed by atoms with E-state index in [0.29, 0.717) is 0 Å². The Labute approximate surface area is 174 Å². The van der Waals surface area contributed by atoms with Crippen molar-refractivity contribution in [2.24, 2.45) is 23.3 Å². The topological polar surface area (TPSA) is 175 Å². The first-order valence-electron chi connectivity index (χ1n) is 9.89. The van der Waals surface area contributed by atoms with E-state index in [1.165, 1.54) is 16.8 Å². The van der Waals surface area contributed by atoms with Crippen molar-refractivity contribution in [2.45, 2.75) is 64.6 Å². The number of anilines is 1. The lowest BCUT2D eigenvalue weighted by atomic mass is 10.1. The fourth-order valence-electron chi connectivity index (χ4n) is 2.82. The predicted octanol–water partition coefficient (Wildman–Crippen LogP) is -0.465. The van der Waals surface area contributed by atoms with Crippen LogP contribution in [0, 0.1) is 11.8 Å². The summed E-state index contributed by atoms with van der Waals surface area (Å²) in [5.41, 5.74) is 16.6. The summed E-state index contributed by atoms with van der Waals surface area (Å²) in [6.45, 7) is 7.00. The maximum absolute atomic E-state index is 12.3. The molecule has 168 valence electrons. The van der Waals surface area contributed by atoms with Crippen molar-refractivity contribution in [3.8, 4) is 0 Å². The van der Waals surface area contributed by atoms with Crippen molar-refractivity contribution in [1.29, 1.82) is 0 Å². The molecule has 0 aromatic carbocycles. The van der Waals surface area contributed by atoms with Gasteiger partial charge in [0.1, 0.15) is 42.9 Å². The van der Waals surface area contributed by atoms with E-state index in [4.69, 9.17) is 31.4 Å². The van der Waals surface area contributed by atoms with Crippen molar-refractivity contribution in [3.63, 3.8) is 0 Å². The van der Waals surface area contributed by atoms with Crippen LogP contribution >= 0.6 is 0 Å². The number of nitrogen functional groups attached to an aromatic ring is 1. The van der Waals surface area contributed by atoms with E-state index in [1.807, 2.05) is 0 Å². The largest absolute Gasteiger partial charge is 0.462 e. The van der Waals surface area contributed by atoms with Gasteiger partial charge in [-0.25, -0.2) is 4.79 Å². The van der Waals surface area contributed by atoms with Crippen LogP contribution in [0.1, 0.15) is 40.3 Å². The van der Waals surface area contributed by atoms with Crippen LogP contribution < -0.4 is 22.9 Å². The van der Waals surface area contributed by atoms with Crippen LogP contribution in [-0.4, -0.2) is 52.4 Å². The average Bonchev–Trinajstić information content (AvgIpc) is 3.06. The highest BCUT2D eigenvalue weighted by Gasteiger charge is 2.41. The van der Waals surface area contributed by atoms with Gasteiger partial charge >= 0.3 is 17.6 Å². The van der Waals surface area contributed by atoms with Gasteiger partial charge in [-0.1, -0.05) is 27.7 Å². The summed E-state index contributed by atoms with van der Waals surface area (Å²) in [4.78, 5) is 40.3. The number of aromatic nitrogens is 2. The number of esters is 2. The average molecular weight is 425 g/mol. The molecule has 5 atom stereocenters. The van der Waals surface area contributed by atoms with Gasteiger partial charge in [0, 0.05) is 12.6 Å². The van der Waals surface area contributed by atoms with Crippen LogP contribution in [0.2, 0.25) is 0 Å². The van der Waals surface area contributed by atoms with Crippen molar-refractivity contribution in [1.82, 2.24) is 9.55 Å². The Morgan fingerprint density at radius 2 is 1.80 bits per heavy atom. The monoisotopic (exact) mass is 425 g/mol. The normalized spacial score (nSPS) is 23.4. The molecular weight excluding hydrogens is 394 g/mol. The predicted molar refractivity (Wildman–Crippen MR) is 108 cm³/mol. The smallest absolute Gasteiger partial charge is 0.351 e. The van der Waals surface area contributed by atoms with E-state index in [9.17, 15) is 14.4 Å². The van der Waals surface area contributed by atoms with Crippen molar-refractivity contribution in [2.75, 3.05) is 12.3 Å². The summed E-state index contributed by atoms with van der Waals surface area (Å²) < 4.78 is 17.9. The molecule has 0 saturated carbocycles. The molecule has 1 aliphatic rings. The first kappa shape index (κ1) is 23.8. The van der Waals surface area contributed by atoms with Gasteiger partial charge in [-0.05, 0) is 17.9 Å². The molecule has 0 bridgehead atoms. The summed E-state index contributed by atoms with van der Waals surface area (Å²) >= 11 is 0. The van der Waals surface area contributed by atoms with Gasteiger partial charge in [0.25, 0.3) is 0 Å². The van der Waals surface area contributed by atoms with Gasteiger partial charge in [-0.15, -0.1) is 0 Å². The Morgan fingerprint density at radius 1 is 1.20 bits per heavy atom. The van der Waals surface area contributed by atoms with Gasteiger partial charge < -0.3 is 31.4 Å². The highest BCUT2D eigenvalue weighted by atomic mass is 16.6. The minimum Gasteiger partial charge on any atom is -0.462 e. The Kier molecular flexibility index (Phi) is 7.93. The number of rotatable bonds is 8. The molecule has 11 nitrogen and oxygen atoms in total. The van der Waals surface area contributed by atoms with Gasteiger partial charge in [0.05, 0.1) is 0 Å². The summed E-state index contributed by atoms with van der Waals surface area (Å²) in [6, 6.07) is -0.154. The van der Waals surface area contributed by atoms with Crippen LogP contribution in [0.15, 0.2) is 17.1 Å². The maximum Gasteiger partial charge on any atom is 0.351 e. The van der Waals surface area contributed by atoms with Crippen molar-refractivity contribution in [3.05, 3.63) is 22.7 Å². The van der Waals surface area contributed by atoms with Crippen LogP contribution in [0.4, 0.5) is 5.82 Å². The molecule has 6 N–H and O–H groups in total. The minimum absolute atomic E-state index is 0.0771. The second-order valence-corrected chi connectivity index (χ2v) is 8.05. The fourth-order valence-corrected chi connectivity index (χ4v) is 2.82. The second kappa shape index (κ2) is 10.0. The Morgan fingerprint density at radius 3 is 2.37 bits per heavy atom. The second-order valence-electron chi connectivity index (χ2n) is 8.05. The number of nitrogens with zero attached hydrogens (tertiary/aromatic N) is 2.